The fourth-order valence-electron chi connectivity index (χ4n) is 1.59. The summed E-state index contributed by atoms with van der Waals surface area (Å²) in [6.07, 6.45) is 0.964. The van der Waals surface area contributed by atoms with Crippen LogP contribution in [0.1, 0.15) is 18.1 Å². The largest absolute Gasteiger partial charge is 0.252 e. The van der Waals surface area contributed by atoms with Crippen molar-refractivity contribution in [3.05, 3.63) is 29.3 Å². The second-order valence-electron chi connectivity index (χ2n) is 3.05. The highest BCUT2D eigenvalue weighted by molar-refractivity contribution is 5.53. The maximum Gasteiger partial charge on any atom is 0.0981 e. The Kier molecular flexibility index (Phi) is 3.92. The standard InChI is InChI=1S/C11H17NO2/c1-5-10-9(2)7-6-8-11(10)12(13-3)14-4/h6-8H,5H2,1-4H3. The molecule has 0 N–H and O–H groups in total. The van der Waals surface area contributed by atoms with Gasteiger partial charge in [-0.15, -0.1) is 5.23 Å². The van der Waals surface area contributed by atoms with E-state index in [0.29, 0.717) is 0 Å². The molecule has 78 valence electrons. The number of hydrogen-bond acceptors (Lipinski definition) is 3. The van der Waals surface area contributed by atoms with E-state index in [1.807, 2.05) is 12.1 Å². The van der Waals surface area contributed by atoms with Crippen LogP contribution in [0, 0.1) is 6.92 Å². The van der Waals surface area contributed by atoms with Crippen LogP contribution in [-0.2, 0) is 16.1 Å². The molecule has 0 fully saturated rings. The van der Waals surface area contributed by atoms with Gasteiger partial charge in [-0.3, -0.25) is 9.68 Å². The molecule has 0 unspecified atom stereocenters. The van der Waals surface area contributed by atoms with Gasteiger partial charge in [-0.2, -0.15) is 0 Å². The minimum absolute atomic E-state index is 0.964. The first-order chi connectivity index (χ1) is 6.74. The van der Waals surface area contributed by atoms with Crippen molar-refractivity contribution >= 4 is 5.69 Å². The molecule has 0 aliphatic heterocycles. The molecule has 0 radical (unpaired) electrons. The number of rotatable bonds is 4. The van der Waals surface area contributed by atoms with E-state index in [1.165, 1.54) is 16.4 Å². The second kappa shape index (κ2) is 4.98. The van der Waals surface area contributed by atoms with Crippen molar-refractivity contribution in [3.8, 4) is 0 Å². The molecule has 0 spiro atoms. The zero-order valence-electron chi connectivity index (χ0n) is 9.20. The maximum absolute atomic E-state index is 5.09. The fourth-order valence-corrected chi connectivity index (χ4v) is 1.59. The van der Waals surface area contributed by atoms with Crippen LogP contribution >= 0.6 is 0 Å². The summed E-state index contributed by atoms with van der Waals surface area (Å²) in [5, 5.41) is 1.42. The Balaban J connectivity index is 3.11. The Morgan fingerprint density at radius 1 is 1.21 bits per heavy atom. The molecule has 1 rings (SSSR count). The summed E-state index contributed by atoms with van der Waals surface area (Å²) < 4.78 is 0. The average molecular weight is 195 g/mol. The molecule has 1 aromatic rings. The third-order valence-corrected chi connectivity index (χ3v) is 2.27. The summed E-state index contributed by atoms with van der Waals surface area (Å²) in [5.41, 5.74) is 3.47. The summed E-state index contributed by atoms with van der Waals surface area (Å²) in [5.74, 6) is 0. The normalized spacial score (nSPS) is 10.3. The lowest BCUT2D eigenvalue weighted by Crippen LogP contribution is -2.21. The molecule has 0 saturated carbocycles. The van der Waals surface area contributed by atoms with Gasteiger partial charge in [0.1, 0.15) is 0 Å². The van der Waals surface area contributed by atoms with E-state index in [4.69, 9.17) is 9.68 Å². The van der Waals surface area contributed by atoms with E-state index in [0.717, 1.165) is 12.1 Å². The molecule has 0 saturated heterocycles. The zero-order valence-corrected chi connectivity index (χ0v) is 9.20. The smallest absolute Gasteiger partial charge is 0.0981 e. The number of benzene rings is 1. The fraction of sp³-hybridized carbons (Fsp3) is 0.455. The average Bonchev–Trinajstić information content (AvgIpc) is 2.20. The molecule has 0 aliphatic rings. The molecular weight excluding hydrogens is 178 g/mol. The highest BCUT2D eigenvalue weighted by atomic mass is 16.9. The first kappa shape index (κ1) is 11.0. The highest BCUT2D eigenvalue weighted by Crippen LogP contribution is 2.24. The molecule has 0 bridgehead atoms. The predicted octanol–water partition coefficient (Wildman–Crippen LogP) is 2.49. The lowest BCUT2D eigenvalue weighted by atomic mass is 10.0. The van der Waals surface area contributed by atoms with E-state index in [-0.39, 0.29) is 0 Å². The number of nitrogens with zero attached hydrogens (tertiary/aromatic N) is 1. The molecule has 0 aromatic heterocycles. The van der Waals surface area contributed by atoms with Crippen LogP contribution in [0.5, 0.6) is 0 Å². The van der Waals surface area contributed by atoms with Gasteiger partial charge in [0.15, 0.2) is 0 Å². The van der Waals surface area contributed by atoms with E-state index in [1.54, 1.807) is 14.2 Å². The Hall–Kier alpha value is -1.06. The molecular formula is C11H17NO2. The first-order valence-corrected chi connectivity index (χ1v) is 4.71. The lowest BCUT2D eigenvalue weighted by Gasteiger charge is -2.21. The second-order valence-corrected chi connectivity index (χ2v) is 3.05. The van der Waals surface area contributed by atoms with Gasteiger partial charge in [-0.05, 0) is 30.5 Å². The van der Waals surface area contributed by atoms with Crippen molar-refractivity contribution in [1.29, 1.82) is 0 Å². The summed E-state index contributed by atoms with van der Waals surface area (Å²) in [6, 6.07) is 6.07. The monoisotopic (exact) mass is 195 g/mol. The quantitative estimate of drug-likeness (QED) is 0.689. The van der Waals surface area contributed by atoms with Crippen LogP contribution in [0.4, 0.5) is 5.69 Å². The van der Waals surface area contributed by atoms with Gasteiger partial charge in [0.2, 0.25) is 0 Å². The van der Waals surface area contributed by atoms with Crippen molar-refractivity contribution in [2.45, 2.75) is 20.3 Å². The predicted molar refractivity (Wildman–Crippen MR) is 57.1 cm³/mol. The summed E-state index contributed by atoms with van der Waals surface area (Å²) >= 11 is 0. The van der Waals surface area contributed by atoms with Crippen molar-refractivity contribution in [3.63, 3.8) is 0 Å². The summed E-state index contributed by atoms with van der Waals surface area (Å²) in [4.78, 5) is 10.2. The molecule has 3 nitrogen and oxygen atoms in total. The van der Waals surface area contributed by atoms with E-state index in [9.17, 15) is 0 Å². The summed E-state index contributed by atoms with van der Waals surface area (Å²) in [7, 11) is 3.18. The van der Waals surface area contributed by atoms with Gasteiger partial charge >= 0.3 is 0 Å². The molecule has 1 aromatic carbocycles. The topological polar surface area (TPSA) is 21.7 Å². The number of hydrogen-bond donors (Lipinski definition) is 0. The van der Waals surface area contributed by atoms with E-state index >= 15 is 0 Å². The zero-order chi connectivity index (χ0) is 10.6. The van der Waals surface area contributed by atoms with Crippen LogP contribution in [0.25, 0.3) is 0 Å². The number of aryl methyl sites for hydroxylation is 1. The van der Waals surface area contributed by atoms with Gasteiger partial charge in [0, 0.05) is 0 Å². The molecule has 0 amide bonds. The van der Waals surface area contributed by atoms with Crippen LogP contribution in [0.15, 0.2) is 18.2 Å². The SMILES string of the molecule is CCc1c(C)cccc1N(OC)OC. The van der Waals surface area contributed by atoms with Crippen molar-refractivity contribution in [2.24, 2.45) is 0 Å². The Morgan fingerprint density at radius 3 is 2.36 bits per heavy atom. The van der Waals surface area contributed by atoms with Crippen molar-refractivity contribution in [2.75, 3.05) is 19.4 Å². The lowest BCUT2D eigenvalue weighted by molar-refractivity contribution is -0.0436. The first-order valence-electron chi connectivity index (χ1n) is 4.71. The Bertz CT molecular complexity index is 295. The van der Waals surface area contributed by atoms with E-state index < -0.39 is 0 Å². The van der Waals surface area contributed by atoms with Gasteiger partial charge in [-0.1, -0.05) is 19.1 Å². The summed E-state index contributed by atoms with van der Waals surface area (Å²) in [6.45, 7) is 4.21. The molecule has 0 aliphatic carbocycles. The molecule has 3 heteroatoms. The molecule has 0 atom stereocenters. The maximum atomic E-state index is 5.09. The number of anilines is 1. The third-order valence-electron chi connectivity index (χ3n) is 2.27. The van der Waals surface area contributed by atoms with Gasteiger partial charge in [-0.25, -0.2) is 0 Å². The van der Waals surface area contributed by atoms with Crippen LogP contribution in [0.3, 0.4) is 0 Å². The van der Waals surface area contributed by atoms with Crippen LogP contribution in [0.2, 0.25) is 0 Å². The minimum atomic E-state index is 0.964. The Labute approximate surface area is 85.2 Å². The van der Waals surface area contributed by atoms with Gasteiger partial charge in [0.05, 0.1) is 19.9 Å². The third kappa shape index (κ3) is 2.05. The Morgan fingerprint density at radius 2 is 1.86 bits per heavy atom. The van der Waals surface area contributed by atoms with Crippen molar-refractivity contribution in [1.82, 2.24) is 0 Å². The minimum Gasteiger partial charge on any atom is -0.252 e. The van der Waals surface area contributed by atoms with Gasteiger partial charge < -0.3 is 0 Å². The molecule has 0 heterocycles. The van der Waals surface area contributed by atoms with Crippen molar-refractivity contribution < 1.29 is 9.68 Å². The van der Waals surface area contributed by atoms with Crippen LogP contribution < -0.4 is 5.23 Å². The van der Waals surface area contributed by atoms with E-state index in [2.05, 4.69) is 19.9 Å². The molecule has 14 heavy (non-hydrogen) atoms. The highest BCUT2D eigenvalue weighted by Gasteiger charge is 2.10. The van der Waals surface area contributed by atoms with Crippen LogP contribution in [-0.4, -0.2) is 14.2 Å². The van der Waals surface area contributed by atoms with Gasteiger partial charge in [0.25, 0.3) is 0 Å².